The quantitative estimate of drug-likeness (QED) is 0.584. The SMILES string of the molecule is Cc1cc(NC(=O)C(=O)NCCC2=CCCCC2)n(C2=NC(=O)C3CCCC3=N2)n1. The number of nitrogens with zero attached hydrogens (tertiary/aromatic N) is 4. The molecule has 1 aromatic heterocycles. The topological polar surface area (TPSA) is 118 Å². The fourth-order valence-corrected chi connectivity index (χ4v) is 4.12. The van der Waals surface area contributed by atoms with Crippen molar-refractivity contribution in [1.82, 2.24) is 15.1 Å². The highest BCUT2D eigenvalue weighted by molar-refractivity contribution is 6.39. The maximum absolute atomic E-state index is 12.4. The summed E-state index contributed by atoms with van der Waals surface area (Å²) in [5, 5.41) is 9.52. The van der Waals surface area contributed by atoms with Gasteiger partial charge in [0.05, 0.1) is 11.6 Å². The minimum absolute atomic E-state index is 0.126. The van der Waals surface area contributed by atoms with E-state index in [9.17, 15) is 14.4 Å². The number of amides is 3. The van der Waals surface area contributed by atoms with Crippen molar-refractivity contribution < 1.29 is 14.4 Å². The lowest BCUT2D eigenvalue weighted by atomic mass is 9.97. The molecule has 3 amide bonds. The molecule has 2 aliphatic carbocycles. The molecule has 2 N–H and O–H groups in total. The molecule has 1 unspecified atom stereocenters. The van der Waals surface area contributed by atoms with Crippen molar-refractivity contribution in [2.24, 2.45) is 15.9 Å². The number of aromatic nitrogens is 2. The van der Waals surface area contributed by atoms with Crippen molar-refractivity contribution in [2.75, 3.05) is 11.9 Å². The Morgan fingerprint density at radius 1 is 1.17 bits per heavy atom. The van der Waals surface area contributed by atoms with Crippen LogP contribution in [0.4, 0.5) is 5.82 Å². The molecule has 2 heterocycles. The van der Waals surface area contributed by atoms with Gasteiger partial charge in [-0.15, -0.1) is 0 Å². The van der Waals surface area contributed by atoms with Crippen molar-refractivity contribution in [2.45, 2.75) is 58.3 Å². The van der Waals surface area contributed by atoms with E-state index in [0.717, 1.165) is 44.2 Å². The van der Waals surface area contributed by atoms with Gasteiger partial charge in [-0.1, -0.05) is 11.6 Å². The Morgan fingerprint density at radius 3 is 2.83 bits per heavy atom. The number of hydrogen-bond donors (Lipinski definition) is 2. The second kappa shape index (κ2) is 8.73. The Hall–Kier alpha value is -3.10. The molecule has 9 nitrogen and oxygen atoms in total. The fraction of sp³-hybridized carbons (Fsp3) is 0.524. The number of anilines is 1. The second-order valence-corrected chi connectivity index (χ2v) is 7.95. The summed E-state index contributed by atoms with van der Waals surface area (Å²) in [4.78, 5) is 45.4. The lowest BCUT2D eigenvalue weighted by molar-refractivity contribution is -0.136. The summed E-state index contributed by atoms with van der Waals surface area (Å²) < 4.78 is 1.31. The third-order valence-corrected chi connectivity index (χ3v) is 5.67. The number of aliphatic imine (C=N–C) groups is 2. The molecule has 0 spiro atoms. The molecule has 1 saturated carbocycles. The Morgan fingerprint density at radius 2 is 2.03 bits per heavy atom. The lowest BCUT2D eigenvalue weighted by Gasteiger charge is -2.15. The van der Waals surface area contributed by atoms with Gasteiger partial charge in [-0.3, -0.25) is 14.4 Å². The van der Waals surface area contributed by atoms with Crippen LogP contribution in [0.5, 0.6) is 0 Å². The van der Waals surface area contributed by atoms with E-state index in [2.05, 4.69) is 31.8 Å². The highest BCUT2D eigenvalue weighted by Gasteiger charge is 2.33. The molecule has 0 aromatic carbocycles. The first kappa shape index (κ1) is 20.2. The minimum atomic E-state index is -0.789. The Labute approximate surface area is 174 Å². The molecular formula is C21H26N6O3. The molecule has 9 heteroatoms. The van der Waals surface area contributed by atoms with Gasteiger partial charge in [0.25, 0.3) is 11.9 Å². The Kier molecular flexibility index (Phi) is 5.87. The van der Waals surface area contributed by atoms with E-state index in [0.29, 0.717) is 12.2 Å². The summed E-state index contributed by atoms with van der Waals surface area (Å²) in [7, 11) is 0. The first-order chi connectivity index (χ1) is 14.5. The fourth-order valence-electron chi connectivity index (χ4n) is 4.12. The molecule has 3 aliphatic rings. The smallest absolute Gasteiger partial charge is 0.314 e. The zero-order valence-corrected chi connectivity index (χ0v) is 17.1. The summed E-state index contributed by atoms with van der Waals surface area (Å²) in [5.74, 6) is -1.57. The number of aryl methyl sites for hydroxylation is 1. The van der Waals surface area contributed by atoms with Crippen molar-refractivity contribution in [3.8, 4) is 0 Å². The summed E-state index contributed by atoms with van der Waals surface area (Å²) in [5.41, 5.74) is 2.75. The normalized spacial score (nSPS) is 20.8. The molecule has 158 valence electrons. The maximum Gasteiger partial charge on any atom is 0.314 e. The highest BCUT2D eigenvalue weighted by Crippen LogP contribution is 2.27. The number of fused-ring (bicyclic) bond motifs is 1. The lowest BCUT2D eigenvalue weighted by Crippen LogP contribution is -2.37. The predicted molar refractivity (Wildman–Crippen MR) is 112 cm³/mol. The summed E-state index contributed by atoms with van der Waals surface area (Å²) in [6.07, 6.45) is 9.97. The predicted octanol–water partition coefficient (Wildman–Crippen LogP) is 2.12. The van der Waals surface area contributed by atoms with Gasteiger partial charge in [-0.2, -0.15) is 14.8 Å². The first-order valence-corrected chi connectivity index (χ1v) is 10.6. The van der Waals surface area contributed by atoms with Gasteiger partial charge in [0.2, 0.25) is 0 Å². The molecular weight excluding hydrogens is 384 g/mol. The van der Waals surface area contributed by atoms with Gasteiger partial charge in [-0.05, 0) is 58.3 Å². The zero-order valence-electron chi connectivity index (χ0n) is 17.1. The van der Waals surface area contributed by atoms with Crippen LogP contribution < -0.4 is 10.6 Å². The molecule has 30 heavy (non-hydrogen) atoms. The molecule has 1 aromatic rings. The van der Waals surface area contributed by atoms with Crippen molar-refractivity contribution in [1.29, 1.82) is 0 Å². The van der Waals surface area contributed by atoms with Crippen LogP contribution in [-0.4, -0.2) is 45.7 Å². The number of allylic oxidation sites excluding steroid dienone is 1. The van der Waals surface area contributed by atoms with Crippen LogP contribution in [0.25, 0.3) is 0 Å². The number of nitrogens with one attached hydrogen (secondary N) is 2. The van der Waals surface area contributed by atoms with Gasteiger partial charge in [0.1, 0.15) is 5.82 Å². The molecule has 1 aliphatic heterocycles. The Bertz CT molecular complexity index is 971. The van der Waals surface area contributed by atoms with Crippen LogP contribution in [0, 0.1) is 12.8 Å². The first-order valence-electron chi connectivity index (χ1n) is 10.6. The van der Waals surface area contributed by atoms with Crippen LogP contribution in [0.1, 0.15) is 57.1 Å². The van der Waals surface area contributed by atoms with Crippen LogP contribution >= 0.6 is 0 Å². The number of hydrogen-bond acceptors (Lipinski definition) is 5. The van der Waals surface area contributed by atoms with Gasteiger partial charge < -0.3 is 10.6 Å². The van der Waals surface area contributed by atoms with Gasteiger partial charge in [-0.25, -0.2) is 4.99 Å². The van der Waals surface area contributed by atoms with E-state index in [4.69, 9.17) is 0 Å². The molecule has 0 saturated heterocycles. The average molecular weight is 410 g/mol. The molecule has 1 atom stereocenters. The van der Waals surface area contributed by atoms with E-state index in [1.807, 2.05) is 0 Å². The van der Waals surface area contributed by atoms with Crippen LogP contribution in [0.15, 0.2) is 27.7 Å². The minimum Gasteiger partial charge on any atom is -0.348 e. The van der Waals surface area contributed by atoms with Crippen LogP contribution in [-0.2, 0) is 14.4 Å². The maximum atomic E-state index is 12.4. The van der Waals surface area contributed by atoms with E-state index in [1.165, 1.54) is 23.1 Å². The van der Waals surface area contributed by atoms with Crippen molar-refractivity contribution >= 4 is 35.2 Å². The van der Waals surface area contributed by atoms with Gasteiger partial charge >= 0.3 is 11.8 Å². The average Bonchev–Trinajstić information content (AvgIpc) is 3.35. The summed E-state index contributed by atoms with van der Waals surface area (Å²) in [6.45, 7) is 2.17. The van der Waals surface area contributed by atoms with Gasteiger partial charge in [0.15, 0.2) is 0 Å². The molecule has 0 radical (unpaired) electrons. The third-order valence-electron chi connectivity index (χ3n) is 5.67. The van der Waals surface area contributed by atoms with E-state index < -0.39 is 11.8 Å². The number of rotatable bonds is 4. The van der Waals surface area contributed by atoms with Crippen LogP contribution in [0.3, 0.4) is 0 Å². The zero-order chi connectivity index (χ0) is 21.1. The number of carbonyl (C=O) groups is 3. The Balaban J connectivity index is 1.40. The van der Waals surface area contributed by atoms with E-state index in [1.54, 1.807) is 13.0 Å². The van der Waals surface area contributed by atoms with Gasteiger partial charge in [0, 0.05) is 18.3 Å². The summed E-state index contributed by atoms with van der Waals surface area (Å²) in [6, 6.07) is 1.62. The van der Waals surface area contributed by atoms with Crippen molar-refractivity contribution in [3.63, 3.8) is 0 Å². The highest BCUT2D eigenvalue weighted by atomic mass is 16.2. The second-order valence-electron chi connectivity index (χ2n) is 7.95. The van der Waals surface area contributed by atoms with E-state index >= 15 is 0 Å². The molecule has 0 bridgehead atoms. The standard InChI is InChI=1S/C21H26N6O3/c1-13-12-17(24-20(30)19(29)22-11-10-14-6-3-2-4-7-14)27(26-13)21-23-16-9-5-8-15(16)18(28)25-21/h6,12,15H,2-5,7-11H2,1H3,(H,22,29)(H,24,30). The van der Waals surface area contributed by atoms with E-state index in [-0.39, 0.29) is 23.6 Å². The monoisotopic (exact) mass is 410 g/mol. The number of carbonyl (C=O) groups excluding carboxylic acids is 3. The molecule has 4 rings (SSSR count). The largest absolute Gasteiger partial charge is 0.348 e. The third kappa shape index (κ3) is 4.39. The van der Waals surface area contributed by atoms with Crippen molar-refractivity contribution in [3.05, 3.63) is 23.4 Å². The van der Waals surface area contributed by atoms with Crippen LogP contribution in [0.2, 0.25) is 0 Å². The molecule has 1 fully saturated rings. The summed E-state index contributed by atoms with van der Waals surface area (Å²) >= 11 is 0.